The Balaban J connectivity index is 3.13. The van der Waals surface area contributed by atoms with Crippen LogP contribution < -0.4 is 5.32 Å². The first-order valence-corrected chi connectivity index (χ1v) is 6.56. The van der Waals surface area contributed by atoms with Crippen LogP contribution in [0.25, 0.3) is 0 Å². The second-order valence-corrected chi connectivity index (χ2v) is 5.03. The summed E-state index contributed by atoms with van der Waals surface area (Å²) in [5.74, 6) is 0.0394. The van der Waals surface area contributed by atoms with Gasteiger partial charge in [0.05, 0.1) is 0 Å². The molecule has 1 fully saturated rings. The predicted octanol–water partition coefficient (Wildman–Crippen LogP) is 1.69. The number of piperazine rings is 1. The third kappa shape index (κ3) is 2.17. The van der Waals surface area contributed by atoms with Crippen molar-refractivity contribution in [1.82, 2.24) is 10.2 Å². The van der Waals surface area contributed by atoms with Gasteiger partial charge in [-0.25, -0.2) is 0 Å². The Labute approximate surface area is 104 Å². The summed E-state index contributed by atoms with van der Waals surface area (Å²) in [6.45, 7) is 9.79. The largest absolute Gasteiger partial charge is 0.342 e. The van der Waals surface area contributed by atoms with Crippen molar-refractivity contribution in [1.29, 1.82) is 0 Å². The van der Waals surface area contributed by atoms with Crippen molar-refractivity contribution in [2.45, 2.75) is 71.5 Å². The van der Waals surface area contributed by atoms with Crippen molar-refractivity contribution in [3.8, 4) is 0 Å². The molecule has 1 saturated heterocycles. The number of nitrogens with zero attached hydrogens (tertiary/aromatic N) is 1. The maximum Gasteiger partial charge on any atom is 0.246 e. The Morgan fingerprint density at radius 3 is 2.35 bits per heavy atom. The number of nitrogens with one attached hydrogen (secondary N) is 1. The van der Waals surface area contributed by atoms with E-state index in [4.69, 9.17) is 0 Å². The zero-order chi connectivity index (χ0) is 13.2. The summed E-state index contributed by atoms with van der Waals surface area (Å²) in [6.07, 6.45) is 2.16. The molecule has 4 nitrogen and oxygen atoms in total. The van der Waals surface area contributed by atoms with E-state index in [2.05, 4.69) is 5.32 Å². The van der Waals surface area contributed by atoms with Crippen LogP contribution in [0.1, 0.15) is 53.9 Å². The van der Waals surface area contributed by atoms with Gasteiger partial charge in [0.1, 0.15) is 11.6 Å². The third-order valence-electron chi connectivity index (χ3n) is 3.99. The summed E-state index contributed by atoms with van der Waals surface area (Å²) in [4.78, 5) is 26.4. The molecule has 0 aromatic rings. The Hall–Kier alpha value is -1.06. The highest BCUT2D eigenvalue weighted by Gasteiger charge is 2.49. The molecule has 0 aromatic carbocycles. The first-order chi connectivity index (χ1) is 7.92. The van der Waals surface area contributed by atoms with Gasteiger partial charge >= 0.3 is 0 Å². The highest BCUT2D eigenvalue weighted by Crippen LogP contribution is 2.28. The molecule has 0 radical (unpaired) electrons. The van der Waals surface area contributed by atoms with E-state index in [1.807, 2.05) is 34.6 Å². The highest BCUT2D eigenvalue weighted by atomic mass is 16.2. The van der Waals surface area contributed by atoms with Crippen molar-refractivity contribution in [3.63, 3.8) is 0 Å². The van der Waals surface area contributed by atoms with Crippen molar-refractivity contribution < 1.29 is 9.59 Å². The lowest BCUT2D eigenvalue weighted by Gasteiger charge is -2.48. The van der Waals surface area contributed by atoms with Crippen molar-refractivity contribution in [2.75, 3.05) is 0 Å². The second-order valence-electron chi connectivity index (χ2n) is 5.03. The van der Waals surface area contributed by atoms with Gasteiger partial charge in [-0.1, -0.05) is 20.8 Å². The molecule has 0 bridgehead atoms. The van der Waals surface area contributed by atoms with E-state index in [0.29, 0.717) is 12.8 Å². The molecule has 17 heavy (non-hydrogen) atoms. The zero-order valence-corrected chi connectivity index (χ0v) is 11.5. The lowest BCUT2D eigenvalue weighted by molar-refractivity contribution is -0.160. The average Bonchev–Trinajstić information content (AvgIpc) is 2.33. The zero-order valence-electron chi connectivity index (χ0n) is 11.5. The van der Waals surface area contributed by atoms with E-state index >= 15 is 0 Å². The van der Waals surface area contributed by atoms with Gasteiger partial charge < -0.3 is 10.2 Å². The molecule has 1 heterocycles. The summed E-state index contributed by atoms with van der Waals surface area (Å²) in [6, 6.07) is -0.247. The van der Waals surface area contributed by atoms with Crippen LogP contribution in [0.15, 0.2) is 0 Å². The summed E-state index contributed by atoms with van der Waals surface area (Å²) >= 11 is 0. The van der Waals surface area contributed by atoms with Gasteiger partial charge in [0, 0.05) is 6.04 Å². The van der Waals surface area contributed by atoms with Crippen molar-refractivity contribution in [2.24, 2.45) is 0 Å². The van der Waals surface area contributed by atoms with E-state index in [9.17, 15) is 9.59 Å². The summed E-state index contributed by atoms with van der Waals surface area (Å²) in [5, 5.41) is 2.84. The van der Waals surface area contributed by atoms with Gasteiger partial charge in [-0.3, -0.25) is 9.59 Å². The van der Waals surface area contributed by atoms with Crippen LogP contribution in [0.2, 0.25) is 0 Å². The summed E-state index contributed by atoms with van der Waals surface area (Å²) in [7, 11) is 0. The maximum absolute atomic E-state index is 12.4. The van der Waals surface area contributed by atoms with E-state index in [1.165, 1.54) is 0 Å². The predicted molar refractivity (Wildman–Crippen MR) is 67.5 cm³/mol. The number of amides is 2. The minimum atomic E-state index is -0.696. The molecular formula is C13H24N2O2. The molecule has 2 amide bonds. The summed E-state index contributed by atoms with van der Waals surface area (Å²) in [5.41, 5.74) is -0.696. The fourth-order valence-corrected chi connectivity index (χ4v) is 2.39. The number of rotatable bonds is 4. The second kappa shape index (κ2) is 5.07. The van der Waals surface area contributed by atoms with Crippen LogP contribution in [-0.4, -0.2) is 34.3 Å². The third-order valence-corrected chi connectivity index (χ3v) is 3.99. The molecule has 3 atom stereocenters. The standard InChI is InChI=1S/C13H24N2O2/c1-6-9(4)15-11(16)10(7-2)14-12(17)13(15,5)8-3/h9-10H,6-8H2,1-5H3,(H,14,17). The number of hydrogen-bond acceptors (Lipinski definition) is 2. The first kappa shape index (κ1) is 14.0. The van der Waals surface area contributed by atoms with Crippen LogP contribution in [-0.2, 0) is 9.59 Å². The average molecular weight is 240 g/mol. The van der Waals surface area contributed by atoms with Crippen LogP contribution in [0.4, 0.5) is 0 Å². The smallest absolute Gasteiger partial charge is 0.246 e. The molecule has 3 unspecified atom stereocenters. The van der Waals surface area contributed by atoms with E-state index in [-0.39, 0.29) is 23.9 Å². The molecule has 4 heteroatoms. The quantitative estimate of drug-likeness (QED) is 0.813. The van der Waals surface area contributed by atoms with E-state index < -0.39 is 5.54 Å². The Morgan fingerprint density at radius 1 is 1.35 bits per heavy atom. The molecule has 1 aliphatic heterocycles. The number of hydrogen-bond donors (Lipinski definition) is 1. The molecule has 0 aromatic heterocycles. The number of carbonyl (C=O) groups excluding carboxylic acids is 2. The van der Waals surface area contributed by atoms with E-state index in [0.717, 1.165) is 6.42 Å². The van der Waals surface area contributed by atoms with Gasteiger partial charge in [0.25, 0.3) is 0 Å². The van der Waals surface area contributed by atoms with Crippen LogP contribution in [0.5, 0.6) is 0 Å². The fraction of sp³-hybridized carbons (Fsp3) is 0.846. The minimum Gasteiger partial charge on any atom is -0.342 e. The van der Waals surface area contributed by atoms with Crippen LogP contribution in [0.3, 0.4) is 0 Å². The Bertz CT molecular complexity index is 317. The van der Waals surface area contributed by atoms with Gasteiger partial charge in [0.15, 0.2) is 0 Å². The topological polar surface area (TPSA) is 49.4 Å². The summed E-state index contributed by atoms with van der Waals surface area (Å²) < 4.78 is 0. The lowest BCUT2D eigenvalue weighted by atomic mass is 9.88. The first-order valence-electron chi connectivity index (χ1n) is 6.56. The molecule has 98 valence electrons. The molecule has 0 spiro atoms. The Morgan fingerprint density at radius 2 is 1.94 bits per heavy atom. The highest BCUT2D eigenvalue weighted by molar-refractivity contribution is 5.99. The molecule has 1 aliphatic rings. The monoisotopic (exact) mass is 240 g/mol. The number of carbonyl (C=O) groups is 2. The van der Waals surface area contributed by atoms with Crippen molar-refractivity contribution >= 4 is 11.8 Å². The molecule has 0 saturated carbocycles. The molecule has 1 rings (SSSR count). The van der Waals surface area contributed by atoms with Crippen LogP contribution in [0, 0.1) is 0 Å². The fourth-order valence-electron chi connectivity index (χ4n) is 2.39. The molecule has 0 aliphatic carbocycles. The van der Waals surface area contributed by atoms with Gasteiger partial charge in [-0.05, 0) is 33.1 Å². The molecule has 1 N–H and O–H groups in total. The SMILES string of the molecule is CCC1NC(=O)C(C)(CC)N(C(C)CC)C1=O. The van der Waals surface area contributed by atoms with Gasteiger partial charge in [-0.15, -0.1) is 0 Å². The van der Waals surface area contributed by atoms with Crippen LogP contribution >= 0.6 is 0 Å². The van der Waals surface area contributed by atoms with Gasteiger partial charge in [-0.2, -0.15) is 0 Å². The lowest BCUT2D eigenvalue weighted by Crippen LogP contribution is -2.70. The normalized spacial score (nSPS) is 31.4. The van der Waals surface area contributed by atoms with Crippen molar-refractivity contribution in [3.05, 3.63) is 0 Å². The molecular weight excluding hydrogens is 216 g/mol. The minimum absolute atomic E-state index is 0.0215. The van der Waals surface area contributed by atoms with Gasteiger partial charge in [0.2, 0.25) is 11.8 Å². The maximum atomic E-state index is 12.4. The van der Waals surface area contributed by atoms with E-state index in [1.54, 1.807) is 4.90 Å². The Kier molecular flexibility index (Phi) is 4.17.